The van der Waals surface area contributed by atoms with Crippen molar-refractivity contribution in [2.24, 2.45) is 5.92 Å². The molecule has 0 heterocycles. The van der Waals surface area contributed by atoms with Gasteiger partial charge in [0.2, 0.25) is 0 Å². The van der Waals surface area contributed by atoms with Crippen LogP contribution in [0.25, 0.3) is 6.08 Å². The summed E-state index contributed by atoms with van der Waals surface area (Å²) in [4.78, 5) is 11.6. The molecule has 0 amide bonds. The number of esters is 1. The first kappa shape index (κ1) is 11.4. The molecule has 2 nitrogen and oxygen atoms in total. The summed E-state index contributed by atoms with van der Waals surface area (Å²) in [7, 11) is 1.41. The quantitative estimate of drug-likeness (QED) is 0.725. The molecule has 1 aromatic rings. The van der Waals surface area contributed by atoms with E-state index in [-0.39, 0.29) is 11.9 Å². The second-order valence-corrected chi connectivity index (χ2v) is 3.80. The van der Waals surface area contributed by atoms with Gasteiger partial charge in [-0.2, -0.15) is 0 Å². The van der Waals surface area contributed by atoms with Gasteiger partial charge in [0.05, 0.1) is 7.11 Å². The van der Waals surface area contributed by atoms with E-state index in [1.54, 1.807) is 0 Å². The lowest BCUT2D eigenvalue weighted by Gasteiger charge is -2.14. The molecule has 2 heteroatoms. The Morgan fingerprint density at radius 1 is 1.24 bits per heavy atom. The lowest BCUT2D eigenvalue weighted by atomic mass is 9.93. The number of hydrogen-bond acceptors (Lipinski definition) is 2. The molecule has 0 spiro atoms. The molecule has 0 fully saturated rings. The number of rotatable bonds is 2. The van der Waals surface area contributed by atoms with Crippen LogP contribution in [0.3, 0.4) is 0 Å². The Bertz CT molecular complexity index is 481. The lowest BCUT2D eigenvalue weighted by Crippen LogP contribution is -2.16. The summed E-state index contributed by atoms with van der Waals surface area (Å²) >= 11 is 0. The van der Waals surface area contributed by atoms with Crippen molar-refractivity contribution < 1.29 is 9.53 Å². The zero-order chi connectivity index (χ0) is 12.1. The first-order valence-electron chi connectivity index (χ1n) is 5.50. The predicted octanol–water partition coefficient (Wildman–Crippen LogP) is 2.99. The summed E-state index contributed by atoms with van der Waals surface area (Å²) in [6.07, 6.45) is 9.58. The number of allylic oxidation sites excluding steroid dienone is 3. The second-order valence-electron chi connectivity index (χ2n) is 3.80. The third-order valence-corrected chi connectivity index (χ3v) is 2.65. The van der Waals surface area contributed by atoms with Gasteiger partial charge in [0.1, 0.15) is 5.92 Å². The standard InChI is InChI=1S/C15H14O2/c1-17-15(16)14-10-6-5-9-13(14)11-12-7-3-2-4-8-12/h2-11,14H,1H3. The maximum Gasteiger partial charge on any atom is 0.317 e. The van der Waals surface area contributed by atoms with Gasteiger partial charge in [0.25, 0.3) is 0 Å². The van der Waals surface area contributed by atoms with Crippen molar-refractivity contribution in [1.82, 2.24) is 0 Å². The first-order chi connectivity index (χ1) is 8.31. The minimum absolute atomic E-state index is 0.229. The summed E-state index contributed by atoms with van der Waals surface area (Å²) < 4.78 is 4.79. The van der Waals surface area contributed by atoms with Crippen LogP contribution in [0.5, 0.6) is 0 Å². The first-order valence-corrected chi connectivity index (χ1v) is 5.50. The van der Waals surface area contributed by atoms with Gasteiger partial charge in [-0.1, -0.05) is 60.7 Å². The maximum atomic E-state index is 11.6. The monoisotopic (exact) mass is 226 g/mol. The molecule has 0 aliphatic heterocycles. The fraction of sp³-hybridized carbons (Fsp3) is 0.133. The number of methoxy groups -OCH3 is 1. The van der Waals surface area contributed by atoms with E-state index in [1.165, 1.54) is 7.11 Å². The lowest BCUT2D eigenvalue weighted by molar-refractivity contribution is -0.142. The Hall–Kier alpha value is -2.09. The van der Waals surface area contributed by atoms with Gasteiger partial charge in [-0.15, -0.1) is 0 Å². The Morgan fingerprint density at radius 3 is 2.71 bits per heavy atom. The number of benzene rings is 1. The molecule has 17 heavy (non-hydrogen) atoms. The molecule has 0 aromatic heterocycles. The van der Waals surface area contributed by atoms with Crippen molar-refractivity contribution in [1.29, 1.82) is 0 Å². The van der Waals surface area contributed by atoms with Crippen LogP contribution >= 0.6 is 0 Å². The molecular weight excluding hydrogens is 212 g/mol. The largest absolute Gasteiger partial charge is 0.468 e. The summed E-state index contributed by atoms with van der Waals surface area (Å²) in [6.45, 7) is 0. The zero-order valence-corrected chi connectivity index (χ0v) is 9.67. The van der Waals surface area contributed by atoms with Gasteiger partial charge in [0.15, 0.2) is 0 Å². The van der Waals surface area contributed by atoms with Gasteiger partial charge in [0, 0.05) is 0 Å². The second kappa shape index (κ2) is 5.30. The Morgan fingerprint density at radius 2 is 2.00 bits per heavy atom. The summed E-state index contributed by atoms with van der Waals surface area (Å²) in [6, 6.07) is 9.93. The number of carbonyl (C=O) groups is 1. The Kier molecular flexibility index (Phi) is 3.55. The van der Waals surface area contributed by atoms with E-state index in [2.05, 4.69) is 0 Å². The van der Waals surface area contributed by atoms with Crippen molar-refractivity contribution in [3.63, 3.8) is 0 Å². The van der Waals surface area contributed by atoms with Crippen LogP contribution in [0.15, 0.2) is 60.2 Å². The molecule has 1 aromatic carbocycles. The Labute approximate surface area is 101 Å². The number of hydrogen-bond donors (Lipinski definition) is 0. The highest BCUT2D eigenvalue weighted by Gasteiger charge is 2.20. The highest BCUT2D eigenvalue weighted by molar-refractivity contribution is 5.82. The average Bonchev–Trinajstić information content (AvgIpc) is 2.40. The SMILES string of the molecule is COC(=O)C1C=CC=CC1=Cc1ccccc1. The van der Waals surface area contributed by atoms with Crippen molar-refractivity contribution in [2.45, 2.75) is 0 Å². The molecule has 0 bridgehead atoms. The van der Waals surface area contributed by atoms with Gasteiger partial charge < -0.3 is 4.74 Å². The van der Waals surface area contributed by atoms with E-state index in [9.17, 15) is 4.79 Å². The fourth-order valence-corrected chi connectivity index (χ4v) is 1.78. The molecule has 0 radical (unpaired) electrons. The molecule has 0 saturated carbocycles. The van der Waals surface area contributed by atoms with Crippen molar-refractivity contribution in [3.8, 4) is 0 Å². The fourth-order valence-electron chi connectivity index (χ4n) is 1.78. The minimum atomic E-state index is -0.301. The van der Waals surface area contributed by atoms with Crippen LogP contribution in [0.1, 0.15) is 5.56 Å². The molecule has 2 rings (SSSR count). The van der Waals surface area contributed by atoms with Crippen molar-refractivity contribution in [2.75, 3.05) is 7.11 Å². The van der Waals surface area contributed by atoms with E-state index in [4.69, 9.17) is 4.74 Å². The molecule has 1 unspecified atom stereocenters. The maximum absolute atomic E-state index is 11.6. The summed E-state index contributed by atoms with van der Waals surface area (Å²) in [5, 5.41) is 0. The highest BCUT2D eigenvalue weighted by Crippen LogP contribution is 2.22. The van der Waals surface area contributed by atoms with Crippen molar-refractivity contribution in [3.05, 3.63) is 65.8 Å². The highest BCUT2D eigenvalue weighted by atomic mass is 16.5. The normalized spacial score (nSPS) is 20.5. The molecule has 0 saturated heterocycles. The van der Waals surface area contributed by atoms with Gasteiger partial charge in [-0.3, -0.25) is 4.79 Å². The predicted molar refractivity (Wildman–Crippen MR) is 68.2 cm³/mol. The van der Waals surface area contributed by atoms with Gasteiger partial charge >= 0.3 is 5.97 Å². The number of ether oxygens (including phenoxy) is 1. The van der Waals surface area contributed by atoms with Gasteiger partial charge in [-0.05, 0) is 11.1 Å². The van der Waals surface area contributed by atoms with Crippen LogP contribution in [0.4, 0.5) is 0 Å². The van der Waals surface area contributed by atoms with Crippen LogP contribution in [0, 0.1) is 5.92 Å². The van der Waals surface area contributed by atoms with Crippen LogP contribution < -0.4 is 0 Å². The topological polar surface area (TPSA) is 26.3 Å². The smallest absolute Gasteiger partial charge is 0.317 e. The van der Waals surface area contributed by atoms with Crippen molar-refractivity contribution >= 4 is 12.0 Å². The molecule has 86 valence electrons. The van der Waals surface area contributed by atoms with E-state index in [1.807, 2.05) is 60.7 Å². The third-order valence-electron chi connectivity index (χ3n) is 2.65. The Balaban J connectivity index is 2.30. The molecular formula is C15H14O2. The van der Waals surface area contributed by atoms with Crippen LogP contribution in [0.2, 0.25) is 0 Å². The number of carbonyl (C=O) groups excluding carboxylic acids is 1. The third kappa shape index (κ3) is 2.72. The minimum Gasteiger partial charge on any atom is -0.468 e. The molecule has 1 aliphatic carbocycles. The average molecular weight is 226 g/mol. The molecule has 0 N–H and O–H groups in total. The van der Waals surface area contributed by atoms with E-state index < -0.39 is 0 Å². The summed E-state index contributed by atoms with van der Waals surface area (Å²) in [5.74, 6) is -0.530. The van der Waals surface area contributed by atoms with Crippen LogP contribution in [-0.4, -0.2) is 13.1 Å². The zero-order valence-electron chi connectivity index (χ0n) is 9.67. The van der Waals surface area contributed by atoms with Crippen LogP contribution in [-0.2, 0) is 9.53 Å². The van der Waals surface area contributed by atoms with Gasteiger partial charge in [-0.25, -0.2) is 0 Å². The van der Waals surface area contributed by atoms with E-state index in [0.717, 1.165) is 11.1 Å². The molecule has 1 atom stereocenters. The van der Waals surface area contributed by atoms with E-state index >= 15 is 0 Å². The summed E-state index contributed by atoms with van der Waals surface area (Å²) in [5.41, 5.74) is 2.03. The molecule has 1 aliphatic rings. The van der Waals surface area contributed by atoms with E-state index in [0.29, 0.717) is 0 Å².